The van der Waals surface area contributed by atoms with Crippen LogP contribution in [0.3, 0.4) is 0 Å². The Morgan fingerprint density at radius 2 is 2.12 bits per heavy atom. The van der Waals surface area contributed by atoms with Gasteiger partial charge in [-0.3, -0.25) is 9.69 Å². The van der Waals surface area contributed by atoms with Gasteiger partial charge in [-0.1, -0.05) is 30.9 Å². The van der Waals surface area contributed by atoms with Crippen molar-refractivity contribution >= 4 is 46.3 Å². The Balaban J connectivity index is 2.40. The summed E-state index contributed by atoms with van der Waals surface area (Å²) in [4.78, 5) is 25.4. The summed E-state index contributed by atoms with van der Waals surface area (Å²) in [6.45, 7) is 1.70. The Morgan fingerprint density at radius 1 is 1.42 bits per heavy atom. The molecule has 1 aromatic carbocycles. The summed E-state index contributed by atoms with van der Waals surface area (Å²) in [6.07, 6.45) is 1.91. The molecule has 8 heteroatoms. The maximum atomic E-state index is 12.6. The lowest BCUT2D eigenvalue weighted by Gasteiger charge is -2.21. The number of hydrogen-bond donors (Lipinski definition) is 1. The van der Waals surface area contributed by atoms with Crippen molar-refractivity contribution < 1.29 is 24.2 Å². The van der Waals surface area contributed by atoms with E-state index in [0.717, 1.165) is 16.7 Å². The molecule has 1 fully saturated rings. The molecule has 1 aliphatic rings. The summed E-state index contributed by atoms with van der Waals surface area (Å²) in [5.74, 6) is -0.293. The second-order valence-corrected chi connectivity index (χ2v) is 6.60. The minimum absolute atomic E-state index is 0.238. The first-order valence-corrected chi connectivity index (χ1v) is 8.37. The van der Waals surface area contributed by atoms with Crippen molar-refractivity contribution in [3.8, 4) is 11.5 Å². The standard InChI is InChI=1S/C16H17NO5S2/c1-4-11(15(19)20)17-14(18)13(24-16(17)23)8-9-7-10(21-2)5-6-12(9)22-3/h5-8,11H,4H2,1-3H3,(H,19,20)/b13-8+/t11-/m0/s1. The number of methoxy groups -OCH3 is 2. The van der Waals surface area contributed by atoms with Crippen molar-refractivity contribution in [2.75, 3.05) is 14.2 Å². The van der Waals surface area contributed by atoms with Crippen molar-refractivity contribution in [1.29, 1.82) is 0 Å². The van der Waals surface area contributed by atoms with Crippen molar-refractivity contribution in [2.24, 2.45) is 0 Å². The van der Waals surface area contributed by atoms with E-state index in [9.17, 15) is 14.7 Å². The van der Waals surface area contributed by atoms with Crippen molar-refractivity contribution in [3.05, 3.63) is 28.7 Å². The van der Waals surface area contributed by atoms with Gasteiger partial charge in [0.15, 0.2) is 0 Å². The van der Waals surface area contributed by atoms with Gasteiger partial charge in [-0.25, -0.2) is 4.79 Å². The number of carbonyl (C=O) groups excluding carboxylic acids is 1. The predicted molar refractivity (Wildman–Crippen MR) is 96.3 cm³/mol. The fourth-order valence-electron chi connectivity index (χ4n) is 2.31. The number of aliphatic carboxylic acids is 1. The molecule has 1 atom stereocenters. The molecule has 1 saturated heterocycles. The van der Waals surface area contributed by atoms with Gasteiger partial charge in [0.25, 0.3) is 5.91 Å². The van der Waals surface area contributed by atoms with Crippen LogP contribution in [0, 0.1) is 0 Å². The molecule has 0 aromatic heterocycles. The maximum absolute atomic E-state index is 12.6. The quantitative estimate of drug-likeness (QED) is 0.612. The molecule has 128 valence electrons. The lowest BCUT2D eigenvalue weighted by atomic mass is 10.1. The van der Waals surface area contributed by atoms with Crippen LogP contribution in [0.2, 0.25) is 0 Å². The SMILES string of the molecule is CC[C@@H](C(=O)O)N1C(=O)/C(=C\c2cc(OC)ccc2OC)SC1=S. The van der Waals surface area contributed by atoms with E-state index in [0.29, 0.717) is 22.0 Å². The van der Waals surface area contributed by atoms with Gasteiger partial charge in [-0.05, 0) is 30.7 Å². The zero-order valence-electron chi connectivity index (χ0n) is 13.4. The molecule has 0 unspecified atom stereocenters. The first kappa shape index (κ1) is 18.3. The molecule has 1 aromatic rings. The van der Waals surface area contributed by atoms with Gasteiger partial charge in [0.05, 0.1) is 19.1 Å². The van der Waals surface area contributed by atoms with E-state index in [1.807, 2.05) is 0 Å². The molecule has 1 amide bonds. The van der Waals surface area contributed by atoms with E-state index in [4.69, 9.17) is 21.7 Å². The van der Waals surface area contributed by atoms with Crippen LogP contribution in [0.25, 0.3) is 6.08 Å². The second kappa shape index (κ2) is 7.67. The Kier molecular flexibility index (Phi) is 5.84. The number of rotatable bonds is 6. The van der Waals surface area contributed by atoms with Crippen molar-refractivity contribution in [3.63, 3.8) is 0 Å². The molecular weight excluding hydrogens is 350 g/mol. The van der Waals surface area contributed by atoms with Crippen LogP contribution in [0.4, 0.5) is 0 Å². The third-order valence-electron chi connectivity index (χ3n) is 3.53. The Labute approximate surface area is 149 Å². The van der Waals surface area contributed by atoms with Gasteiger partial charge < -0.3 is 14.6 Å². The molecule has 0 spiro atoms. The van der Waals surface area contributed by atoms with Gasteiger partial charge in [-0.2, -0.15) is 0 Å². The monoisotopic (exact) mass is 367 g/mol. The number of hydrogen-bond acceptors (Lipinski definition) is 6. The molecule has 24 heavy (non-hydrogen) atoms. The molecule has 1 aliphatic heterocycles. The lowest BCUT2D eigenvalue weighted by Crippen LogP contribution is -2.43. The van der Waals surface area contributed by atoms with E-state index in [2.05, 4.69) is 0 Å². The molecule has 2 rings (SSSR count). The molecule has 6 nitrogen and oxygen atoms in total. The van der Waals surface area contributed by atoms with Gasteiger partial charge in [0.1, 0.15) is 21.9 Å². The molecule has 0 radical (unpaired) electrons. The number of amides is 1. The van der Waals surface area contributed by atoms with Crippen LogP contribution >= 0.6 is 24.0 Å². The number of carboxylic acid groups (broad SMARTS) is 1. The third kappa shape index (κ3) is 3.54. The van der Waals surface area contributed by atoms with Gasteiger partial charge in [0.2, 0.25) is 0 Å². The first-order chi connectivity index (χ1) is 11.4. The lowest BCUT2D eigenvalue weighted by molar-refractivity contribution is -0.145. The number of benzene rings is 1. The molecule has 0 aliphatic carbocycles. The second-order valence-electron chi connectivity index (χ2n) is 4.92. The van der Waals surface area contributed by atoms with Crippen molar-refractivity contribution in [2.45, 2.75) is 19.4 Å². The van der Waals surface area contributed by atoms with E-state index >= 15 is 0 Å². The zero-order valence-corrected chi connectivity index (χ0v) is 15.1. The molecular formula is C16H17NO5S2. The van der Waals surface area contributed by atoms with Crippen LogP contribution in [-0.4, -0.2) is 46.5 Å². The molecule has 0 bridgehead atoms. The van der Waals surface area contributed by atoms with Crippen molar-refractivity contribution in [1.82, 2.24) is 4.90 Å². The van der Waals surface area contributed by atoms with E-state index in [-0.39, 0.29) is 10.7 Å². The van der Waals surface area contributed by atoms with Gasteiger partial charge >= 0.3 is 5.97 Å². The average molecular weight is 367 g/mol. The number of carboxylic acids is 1. The fourth-order valence-corrected chi connectivity index (χ4v) is 3.66. The normalized spacial score (nSPS) is 17.3. The summed E-state index contributed by atoms with van der Waals surface area (Å²) >= 11 is 6.27. The topological polar surface area (TPSA) is 76.1 Å². The highest BCUT2D eigenvalue weighted by molar-refractivity contribution is 8.26. The Hall–Kier alpha value is -2.06. The third-order valence-corrected chi connectivity index (χ3v) is 4.86. The van der Waals surface area contributed by atoms with Crippen LogP contribution in [-0.2, 0) is 9.59 Å². The fraction of sp³-hybridized carbons (Fsp3) is 0.312. The van der Waals surface area contributed by atoms with Crippen LogP contribution in [0.15, 0.2) is 23.1 Å². The number of carbonyl (C=O) groups is 2. The highest BCUT2D eigenvalue weighted by atomic mass is 32.2. The minimum atomic E-state index is -1.07. The summed E-state index contributed by atoms with van der Waals surface area (Å²) < 4.78 is 10.7. The first-order valence-electron chi connectivity index (χ1n) is 7.14. The van der Waals surface area contributed by atoms with Crippen LogP contribution in [0.1, 0.15) is 18.9 Å². The number of thioether (sulfide) groups is 1. The van der Waals surface area contributed by atoms with Gasteiger partial charge in [0, 0.05) is 5.56 Å². The Morgan fingerprint density at radius 3 is 2.67 bits per heavy atom. The highest BCUT2D eigenvalue weighted by Gasteiger charge is 2.39. The smallest absolute Gasteiger partial charge is 0.326 e. The summed E-state index contributed by atoms with van der Waals surface area (Å²) in [7, 11) is 3.08. The van der Waals surface area contributed by atoms with Gasteiger partial charge in [-0.15, -0.1) is 0 Å². The molecule has 1 heterocycles. The largest absolute Gasteiger partial charge is 0.497 e. The van der Waals surface area contributed by atoms with E-state index in [1.165, 1.54) is 7.11 Å². The highest BCUT2D eigenvalue weighted by Crippen LogP contribution is 2.36. The average Bonchev–Trinajstić information content (AvgIpc) is 2.83. The number of thiocarbonyl (C=S) groups is 1. The molecule has 1 N–H and O–H groups in total. The summed E-state index contributed by atoms with van der Waals surface area (Å²) in [5.41, 5.74) is 0.653. The van der Waals surface area contributed by atoms with Crippen LogP contribution < -0.4 is 9.47 Å². The number of ether oxygens (including phenoxy) is 2. The number of nitrogens with zero attached hydrogens (tertiary/aromatic N) is 1. The Bertz CT molecular complexity index is 716. The predicted octanol–water partition coefficient (Wildman–Crippen LogP) is 2.77. The molecule has 0 saturated carbocycles. The van der Waals surface area contributed by atoms with Crippen LogP contribution in [0.5, 0.6) is 11.5 Å². The van der Waals surface area contributed by atoms with E-state index < -0.39 is 17.9 Å². The summed E-state index contributed by atoms with van der Waals surface area (Å²) in [5, 5.41) is 9.28. The maximum Gasteiger partial charge on any atom is 0.326 e. The minimum Gasteiger partial charge on any atom is -0.497 e. The summed E-state index contributed by atoms with van der Waals surface area (Å²) in [6, 6.07) is 4.26. The zero-order chi connectivity index (χ0) is 17.9. The van der Waals surface area contributed by atoms with E-state index in [1.54, 1.807) is 38.3 Å².